The second-order valence-electron chi connectivity index (χ2n) is 4.21. The molecule has 0 aliphatic carbocycles. The predicted octanol–water partition coefficient (Wildman–Crippen LogP) is 2.24. The summed E-state index contributed by atoms with van der Waals surface area (Å²) in [5.74, 6) is 5.47. The van der Waals surface area contributed by atoms with E-state index in [1.807, 2.05) is 12.1 Å². The number of hydrazine groups is 1. The van der Waals surface area contributed by atoms with Crippen molar-refractivity contribution in [2.45, 2.75) is 13.5 Å². The Morgan fingerprint density at radius 2 is 2.00 bits per heavy atom. The molecule has 0 amide bonds. The Bertz CT molecular complexity index is 662. The highest BCUT2D eigenvalue weighted by atomic mass is 35.5. The van der Waals surface area contributed by atoms with E-state index in [0.29, 0.717) is 11.6 Å². The molecular weight excluding hydrogens is 296 g/mol. The fraction of sp³-hybridized carbons (Fsp3) is 0.167. The van der Waals surface area contributed by atoms with Gasteiger partial charge in [0.15, 0.2) is 0 Å². The average molecular weight is 309 g/mol. The number of anilines is 2. The van der Waals surface area contributed by atoms with Crippen molar-refractivity contribution in [1.29, 1.82) is 0 Å². The summed E-state index contributed by atoms with van der Waals surface area (Å²) >= 11 is 5.80. The minimum Gasteiger partial charge on any atom is -0.360 e. The van der Waals surface area contributed by atoms with E-state index in [0.717, 1.165) is 5.56 Å². The van der Waals surface area contributed by atoms with Crippen LogP contribution in [0.25, 0.3) is 0 Å². The van der Waals surface area contributed by atoms with Crippen LogP contribution in [0.3, 0.4) is 0 Å². The zero-order chi connectivity index (χ0) is 15.4. The van der Waals surface area contributed by atoms with Gasteiger partial charge < -0.3 is 5.32 Å². The van der Waals surface area contributed by atoms with Gasteiger partial charge in [0, 0.05) is 11.6 Å². The highest BCUT2D eigenvalue weighted by molar-refractivity contribution is 6.30. The molecule has 0 fully saturated rings. The van der Waals surface area contributed by atoms with Gasteiger partial charge in [0.1, 0.15) is 5.69 Å². The Balaban J connectivity index is 2.27. The number of nitrogen functional groups attached to an aromatic ring is 1. The predicted molar refractivity (Wildman–Crippen MR) is 80.0 cm³/mol. The van der Waals surface area contributed by atoms with Crippen molar-refractivity contribution in [2.24, 2.45) is 5.84 Å². The van der Waals surface area contributed by atoms with E-state index in [9.17, 15) is 10.1 Å². The summed E-state index contributed by atoms with van der Waals surface area (Å²) < 4.78 is 0. The van der Waals surface area contributed by atoms with Crippen molar-refractivity contribution >= 4 is 29.1 Å². The van der Waals surface area contributed by atoms with Gasteiger partial charge in [-0.25, -0.2) is 10.8 Å². The number of aromatic nitrogens is 2. The normalized spacial score (nSPS) is 10.2. The Kier molecular flexibility index (Phi) is 4.51. The van der Waals surface area contributed by atoms with Gasteiger partial charge in [0.25, 0.3) is 0 Å². The number of hydrogen-bond acceptors (Lipinski definition) is 7. The van der Waals surface area contributed by atoms with E-state index < -0.39 is 4.92 Å². The molecule has 8 nitrogen and oxygen atoms in total. The fourth-order valence-corrected chi connectivity index (χ4v) is 1.89. The number of rotatable bonds is 5. The molecule has 0 atom stereocenters. The third-order valence-corrected chi connectivity index (χ3v) is 3.00. The maximum Gasteiger partial charge on any atom is 0.332 e. The first-order valence-corrected chi connectivity index (χ1v) is 6.37. The Labute approximate surface area is 125 Å². The van der Waals surface area contributed by atoms with Gasteiger partial charge in [-0.1, -0.05) is 23.7 Å². The summed E-state index contributed by atoms with van der Waals surface area (Å²) in [4.78, 5) is 18.5. The van der Waals surface area contributed by atoms with E-state index >= 15 is 0 Å². The molecule has 0 aliphatic heterocycles. The molecule has 2 rings (SSSR count). The number of aryl methyl sites for hydroxylation is 1. The molecule has 1 aromatic carbocycles. The van der Waals surface area contributed by atoms with Crippen LogP contribution in [0.1, 0.15) is 11.3 Å². The second-order valence-corrected chi connectivity index (χ2v) is 4.65. The maximum atomic E-state index is 11.1. The summed E-state index contributed by atoms with van der Waals surface area (Å²) in [7, 11) is 0. The van der Waals surface area contributed by atoms with Gasteiger partial charge in [0.2, 0.25) is 11.8 Å². The topological polar surface area (TPSA) is 119 Å². The molecule has 21 heavy (non-hydrogen) atoms. The third-order valence-electron chi connectivity index (χ3n) is 2.74. The monoisotopic (exact) mass is 308 g/mol. The van der Waals surface area contributed by atoms with Crippen molar-refractivity contribution < 1.29 is 4.92 Å². The minimum absolute atomic E-state index is 0.107. The molecule has 0 spiro atoms. The highest BCUT2D eigenvalue weighted by Gasteiger charge is 2.21. The van der Waals surface area contributed by atoms with Gasteiger partial charge in [-0.3, -0.25) is 15.5 Å². The zero-order valence-corrected chi connectivity index (χ0v) is 11.9. The van der Waals surface area contributed by atoms with Crippen molar-refractivity contribution in [3.8, 4) is 0 Å². The van der Waals surface area contributed by atoms with Crippen LogP contribution < -0.4 is 16.6 Å². The average Bonchev–Trinajstić information content (AvgIpc) is 2.45. The zero-order valence-electron chi connectivity index (χ0n) is 11.1. The number of nitrogens with two attached hydrogens (primary N) is 1. The van der Waals surface area contributed by atoms with E-state index in [2.05, 4.69) is 20.7 Å². The van der Waals surface area contributed by atoms with Crippen molar-refractivity contribution in [3.05, 3.63) is 50.7 Å². The number of nitro groups is 1. The minimum atomic E-state index is -0.528. The standard InChI is InChI=1S/C12H13ClN6O2/c1-7-10(19(20)21)11(17-12(16-7)18-14)15-6-8-2-4-9(13)5-3-8/h2-5H,6,14H2,1H3,(H2,15,16,17,18). The molecular formula is C12H13ClN6O2. The van der Waals surface area contributed by atoms with Crippen LogP contribution in [0.15, 0.2) is 24.3 Å². The summed E-state index contributed by atoms with van der Waals surface area (Å²) in [6.07, 6.45) is 0. The molecule has 4 N–H and O–H groups in total. The van der Waals surface area contributed by atoms with Gasteiger partial charge in [-0.05, 0) is 24.6 Å². The molecule has 0 saturated carbocycles. The maximum absolute atomic E-state index is 11.1. The quantitative estimate of drug-likeness (QED) is 0.440. The van der Waals surface area contributed by atoms with Gasteiger partial charge in [-0.15, -0.1) is 0 Å². The first-order valence-electron chi connectivity index (χ1n) is 5.99. The highest BCUT2D eigenvalue weighted by Crippen LogP contribution is 2.26. The van der Waals surface area contributed by atoms with Crippen LogP contribution >= 0.6 is 11.6 Å². The molecule has 9 heteroatoms. The van der Waals surface area contributed by atoms with Gasteiger partial charge in [-0.2, -0.15) is 4.98 Å². The van der Waals surface area contributed by atoms with Gasteiger partial charge in [0.05, 0.1) is 4.92 Å². The van der Waals surface area contributed by atoms with E-state index in [1.54, 1.807) is 12.1 Å². The molecule has 0 unspecified atom stereocenters. The Morgan fingerprint density at radius 1 is 1.33 bits per heavy atom. The lowest BCUT2D eigenvalue weighted by molar-refractivity contribution is -0.385. The summed E-state index contributed by atoms with van der Waals surface area (Å²) in [6, 6.07) is 7.12. The number of nitrogens with zero attached hydrogens (tertiary/aromatic N) is 3. The van der Waals surface area contributed by atoms with E-state index in [-0.39, 0.29) is 23.1 Å². The fourth-order valence-electron chi connectivity index (χ4n) is 1.76. The van der Waals surface area contributed by atoms with Crippen LogP contribution in [0.2, 0.25) is 5.02 Å². The van der Waals surface area contributed by atoms with Crippen LogP contribution in [0.4, 0.5) is 17.5 Å². The SMILES string of the molecule is Cc1nc(NN)nc(NCc2ccc(Cl)cc2)c1[N+](=O)[O-]. The second kappa shape index (κ2) is 6.33. The first-order chi connectivity index (χ1) is 10.0. The molecule has 0 bridgehead atoms. The molecule has 0 aliphatic rings. The first kappa shape index (κ1) is 14.9. The number of halogens is 1. The molecule has 110 valence electrons. The number of benzene rings is 1. The van der Waals surface area contributed by atoms with Crippen LogP contribution in [-0.4, -0.2) is 14.9 Å². The Morgan fingerprint density at radius 3 is 2.57 bits per heavy atom. The lowest BCUT2D eigenvalue weighted by Gasteiger charge is -2.09. The van der Waals surface area contributed by atoms with E-state index in [4.69, 9.17) is 17.4 Å². The third kappa shape index (κ3) is 3.56. The van der Waals surface area contributed by atoms with Gasteiger partial charge >= 0.3 is 5.69 Å². The largest absolute Gasteiger partial charge is 0.360 e. The van der Waals surface area contributed by atoms with Crippen LogP contribution in [0, 0.1) is 17.0 Å². The van der Waals surface area contributed by atoms with Crippen molar-refractivity contribution in [1.82, 2.24) is 9.97 Å². The summed E-state index contributed by atoms with van der Waals surface area (Å²) in [5.41, 5.74) is 3.23. The smallest absolute Gasteiger partial charge is 0.332 e. The lowest BCUT2D eigenvalue weighted by Crippen LogP contribution is -2.14. The molecule has 0 radical (unpaired) electrons. The molecule has 0 saturated heterocycles. The summed E-state index contributed by atoms with van der Waals surface area (Å²) in [6.45, 7) is 1.88. The van der Waals surface area contributed by atoms with Crippen molar-refractivity contribution in [2.75, 3.05) is 10.7 Å². The number of nitrogens with one attached hydrogen (secondary N) is 2. The van der Waals surface area contributed by atoms with Crippen LogP contribution in [0.5, 0.6) is 0 Å². The number of hydrogen-bond donors (Lipinski definition) is 3. The van der Waals surface area contributed by atoms with Crippen LogP contribution in [-0.2, 0) is 6.54 Å². The molecule has 1 heterocycles. The summed E-state index contributed by atoms with van der Waals surface area (Å²) in [5, 5.41) is 14.7. The molecule has 1 aromatic heterocycles. The lowest BCUT2D eigenvalue weighted by atomic mass is 10.2. The van der Waals surface area contributed by atoms with E-state index in [1.165, 1.54) is 6.92 Å². The molecule has 2 aromatic rings. The van der Waals surface area contributed by atoms with Crippen molar-refractivity contribution in [3.63, 3.8) is 0 Å². The Hall–Kier alpha value is -2.45.